The van der Waals surface area contributed by atoms with E-state index in [0.29, 0.717) is 28.7 Å². The molecule has 0 aromatic heterocycles. The van der Waals surface area contributed by atoms with Crippen LogP contribution in [0.1, 0.15) is 12.8 Å². The second-order valence-electron chi connectivity index (χ2n) is 4.50. The van der Waals surface area contributed by atoms with Crippen LogP contribution in [0.25, 0.3) is 0 Å². The van der Waals surface area contributed by atoms with Gasteiger partial charge in [-0.25, -0.2) is 8.42 Å². The third-order valence-corrected chi connectivity index (χ3v) is 5.53. The van der Waals surface area contributed by atoms with Crippen LogP contribution in [-0.4, -0.2) is 37.5 Å². The van der Waals surface area contributed by atoms with E-state index in [2.05, 4.69) is 5.32 Å². The number of hydrogen-bond donors (Lipinski definition) is 1. The van der Waals surface area contributed by atoms with Gasteiger partial charge in [-0.3, -0.25) is 4.79 Å². The maximum Gasteiger partial charge on any atom is 0.239 e. The minimum Gasteiger partial charge on any atom is -0.322 e. The highest BCUT2D eigenvalue weighted by Crippen LogP contribution is 2.29. The molecule has 0 bridgehead atoms. The number of para-hydroxylation sites is 1. The fourth-order valence-electron chi connectivity index (χ4n) is 1.97. The van der Waals surface area contributed by atoms with Crippen LogP contribution in [-0.2, 0) is 14.8 Å². The number of anilines is 1. The van der Waals surface area contributed by atoms with Crippen molar-refractivity contribution in [1.82, 2.24) is 4.31 Å². The van der Waals surface area contributed by atoms with Crippen LogP contribution in [0.4, 0.5) is 5.69 Å². The summed E-state index contributed by atoms with van der Waals surface area (Å²) in [5, 5.41) is 3.18. The van der Waals surface area contributed by atoms with E-state index in [9.17, 15) is 13.2 Å². The van der Waals surface area contributed by atoms with Gasteiger partial charge in [-0.15, -0.1) is 0 Å². The monoisotopic (exact) mass is 336 g/mol. The van der Waals surface area contributed by atoms with Crippen LogP contribution >= 0.6 is 23.2 Å². The zero-order chi connectivity index (χ0) is 14.8. The lowest BCUT2D eigenvalue weighted by molar-refractivity contribution is -0.116. The Labute approximate surface area is 127 Å². The van der Waals surface area contributed by atoms with Gasteiger partial charge in [0.25, 0.3) is 0 Å². The van der Waals surface area contributed by atoms with E-state index >= 15 is 0 Å². The minimum atomic E-state index is -3.32. The lowest BCUT2D eigenvalue weighted by Crippen LogP contribution is -2.42. The van der Waals surface area contributed by atoms with Gasteiger partial charge in [0.05, 0.1) is 28.0 Å². The number of carbonyl (C=O) groups excluding carboxylic acids is 1. The van der Waals surface area contributed by atoms with Crippen molar-refractivity contribution in [2.45, 2.75) is 12.8 Å². The van der Waals surface area contributed by atoms with E-state index in [0.717, 1.165) is 6.42 Å². The lowest BCUT2D eigenvalue weighted by atomic mass is 10.3. The molecule has 1 N–H and O–H groups in total. The molecule has 110 valence electrons. The van der Waals surface area contributed by atoms with E-state index in [-0.39, 0.29) is 12.3 Å². The number of nitrogens with one attached hydrogen (secondary N) is 1. The summed E-state index contributed by atoms with van der Waals surface area (Å²) in [7, 11) is -3.32. The lowest BCUT2D eigenvalue weighted by Gasteiger charge is -2.25. The van der Waals surface area contributed by atoms with Crippen molar-refractivity contribution in [2.75, 3.05) is 24.2 Å². The van der Waals surface area contributed by atoms with Crippen LogP contribution in [0, 0.1) is 0 Å². The van der Waals surface area contributed by atoms with E-state index in [1.165, 1.54) is 4.31 Å². The Balaban J connectivity index is 2.06. The molecule has 1 aliphatic heterocycles. The topological polar surface area (TPSA) is 66.5 Å². The molecule has 1 aromatic rings. The number of halogens is 2. The molecule has 1 aromatic carbocycles. The van der Waals surface area contributed by atoms with Crippen molar-refractivity contribution in [3.63, 3.8) is 0 Å². The first-order valence-electron chi connectivity index (χ1n) is 6.12. The van der Waals surface area contributed by atoms with Crippen molar-refractivity contribution < 1.29 is 13.2 Å². The van der Waals surface area contributed by atoms with Crippen molar-refractivity contribution in [3.05, 3.63) is 28.2 Å². The van der Waals surface area contributed by atoms with Crippen molar-refractivity contribution in [3.8, 4) is 0 Å². The molecular formula is C12H14Cl2N2O3S. The number of sulfonamides is 1. The summed E-state index contributed by atoms with van der Waals surface area (Å²) in [6.07, 6.45) is 1.40. The first kappa shape index (κ1) is 15.6. The quantitative estimate of drug-likeness (QED) is 0.921. The molecule has 1 fully saturated rings. The molecule has 0 saturated carbocycles. The van der Waals surface area contributed by atoms with Gasteiger partial charge >= 0.3 is 0 Å². The fourth-order valence-corrected chi connectivity index (χ4v) is 4.01. The van der Waals surface area contributed by atoms with Gasteiger partial charge in [-0.2, -0.15) is 4.31 Å². The summed E-state index contributed by atoms with van der Waals surface area (Å²) in [5.74, 6) is -0.363. The predicted octanol–water partition coefficient (Wildman–Crippen LogP) is 2.36. The van der Waals surface area contributed by atoms with Gasteiger partial charge in [-0.05, 0) is 25.0 Å². The number of rotatable bonds is 3. The average Bonchev–Trinajstić information content (AvgIpc) is 2.36. The molecule has 0 unspecified atom stereocenters. The highest BCUT2D eigenvalue weighted by molar-refractivity contribution is 7.89. The van der Waals surface area contributed by atoms with Crippen molar-refractivity contribution >= 4 is 44.8 Å². The number of benzene rings is 1. The Morgan fingerprint density at radius 1 is 1.25 bits per heavy atom. The second kappa shape index (κ2) is 6.30. The number of carbonyl (C=O) groups is 1. The molecule has 8 heteroatoms. The van der Waals surface area contributed by atoms with Gasteiger partial charge in [-0.1, -0.05) is 29.3 Å². The summed E-state index contributed by atoms with van der Waals surface area (Å²) < 4.78 is 24.8. The standard InChI is InChI=1S/C12H14Cl2N2O3S/c13-9-4-3-5-10(14)12(9)15-11(17)8-16-6-1-2-7-20(16,18)19/h3-5H,1-2,6-8H2,(H,15,17). The summed E-state index contributed by atoms with van der Waals surface area (Å²) >= 11 is 11.9. The molecule has 0 spiro atoms. The molecule has 1 saturated heterocycles. The molecular weight excluding hydrogens is 323 g/mol. The van der Waals surface area contributed by atoms with Crippen molar-refractivity contribution in [2.24, 2.45) is 0 Å². The predicted molar refractivity (Wildman–Crippen MR) is 79.7 cm³/mol. The molecule has 20 heavy (non-hydrogen) atoms. The molecule has 0 aliphatic carbocycles. The third kappa shape index (κ3) is 3.63. The van der Waals surface area contributed by atoms with E-state index in [1.54, 1.807) is 18.2 Å². The summed E-state index contributed by atoms with van der Waals surface area (Å²) in [5.41, 5.74) is 0.301. The molecule has 1 amide bonds. The maximum absolute atomic E-state index is 11.9. The maximum atomic E-state index is 11.9. The van der Waals surface area contributed by atoms with Gasteiger partial charge < -0.3 is 5.32 Å². The smallest absolute Gasteiger partial charge is 0.239 e. The van der Waals surface area contributed by atoms with Gasteiger partial charge in [0.15, 0.2) is 0 Å². The largest absolute Gasteiger partial charge is 0.322 e. The Kier molecular flexibility index (Phi) is 4.90. The highest BCUT2D eigenvalue weighted by atomic mass is 35.5. The van der Waals surface area contributed by atoms with Gasteiger partial charge in [0, 0.05) is 6.54 Å². The van der Waals surface area contributed by atoms with E-state index in [1.807, 2.05) is 0 Å². The Bertz CT molecular complexity index is 599. The van der Waals surface area contributed by atoms with Gasteiger partial charge in [0.2, 0.25) is 15.9 Å². The number of amides is 1. The average molecular weight is 337 g/mol. The molecule has 0 radical (unpaired) electrons. The SMILES string of the molecule is O=C(CN1CCCCS1(=O)=O)Nc1c(Cl)cccc1Cl. The first-order chi connectivity index (χ1) is 9.40. The minimum absolute atomic E-state index is 0.0904. The van der Waals surface area contributed by atoms with Crippen LogP contribution in [0.5, 0.6) is 0 Å². The van der Waals surface area contributed by atoms with Gasteiger partial charge in [0.1, 0.15) is 0 Å². The Morgan fingerprint density at radius 2 is 1.90 bits per heavy atom. The third-order valence-electron chi connectivity index (χ3n) is 3.00. The highest BCUT2D eigenvalue weighted by Gasteiger charge is 2.27. The van der Waals surface area contributed by atoms with Crippen LogP contribution in [0.3, 0.4) is 0 Å². The zero-order valence-corrected chi connectivity index (χ0v) is 12.9. The summed E-state index contributed by atoms with van der Waals surface area (Å²) in [6, 6.07) is 4.86. The Morgan fingerprint density at radius 3 is 2.50 bits per heavy atom. The zero-order valence-electron chi connectivity index (χ0n) is 10.6. The summed E-state index contributed by atoms with van der Waals surface area (Å²) in [4.78, 5) is 11.9. The van der Waals surface area contributed by atoms with E-state index < -0.39 is 15.9 Å². The van der Waals surface area contributed by atoms with Crippen molar-refractivity contribution in [1.29, 1.82) is 0 Å². The number of nitrogens with zero attached hydrogens (tertiary/aromatic N) is 1. The molecule has 5 nitrogen and oxygen atoms in total. The second-order valence-corrected chi connectivity index (χ2v) is 7.40. The van der Waals surface area contributed by atoms with E-state index in [4.69, 9.17) is 23.2 Å². The van der Waals surface area contributed by atoms with Crippen LogP contribution in [0.15, 0.2) is 18.2 Å². The molecule has 2 rings (SSSR count). The first-order valence-corrected chi connectivity index (χ1v) is 8.48. The Hall–Kier alpha value is -0.820. The van der Waals surface area contributed by atoms with Crippen LogP contribution in [0.2, 0.25) is 10.0 Å². The normalized spacial score (nSPS) is 18.7. The molecule has 0 atom stereocenters. The fraction of sp³-hybridized carbons (Fsp3) is 0.417. The summed E-state index contributed by atoms with van der Waals surface area (Å²) in [6.45, 7) is 0.149. The molecule has 1 aliphatic rings. The molecule has 1 heterocycles. The van der Waals surface area contributed by atoms with Crippen LogP contribution < -0.4 is 5.32 Å². The number of hydrogen-bond acceptors (Lipinski definition) is 3.